The van der Waals surface area contributed by atoms with Gasteiger partial charge < -0.3 is 9.47 Å². The summed E-state index contributed by atoms with van der Waals surface area (Å²) in [5, 5.41) is 10.9. The van der Waals surface area contributed by atoms with Gasteiger partial charge in [-0.2, -0.15) is 0 Å². The van der Waals surface area contributed by atoms with Crippen molar-refractivity contribution in [1.29, 1.82) is 0 Å². The van der Waals surface area contributed by atoms with Crippen molar-refractivity contribution < 1.29 is 24.0 Å². The van der Waals surface area contributed by atoms with Crippen molar-refractivity contribution in [2.45, 2.75) is 12.3 Å². The topological polar surface area (TPSA) is 95.7 Å². The van der Waals surface area contributed by atoms with Gasteiger partial charge in [0.25, 0.3) is 5.69 Å². The van der Waals surface area contributed by atoms with Gasteiger partial charge in [0.05, 0.1) is 18.0 Å². The molecule has 0 bridgehead atoms. The van der Waals surface area contributed by atoms with Crippen LogP contribution in [0.5, 0.6) is 0 Å². The minimum absolute atomic E-state index is 0.00928. The average molecular weight is 395 g/mol. The molecule has 1 unspecified atom stereocenters. The monoisotopic (exact) mass is 395 g/mol. The first-order chi connectivity index (χ1) is 14.0. The number of rotatable bonds is 9. The van der Waals surface area contributed by atoms with E-state index in [1.54, 1.807) is 6.08 Å². The van der Waals surface area contributed by atoms with Crippen LogP contribution < -0.4 is 0 Å². The lowest BCUT2D eigenvalue weighted by molar-refractivity contribution is -0.384. The molecule has 0 radical (unpaired) electrons. The summed E-state index contributed by atoms with van der Waals surface area (Å²) in [6, 6.07) is 14.7. The van der Waals surface area contributed by atoms with Gasteiger partial charge in [-0.1, -0.05) is 55.1 Å². The summed E-state index contributed by atoms with van der Waals surface area (Å²) < 4.78 is 10.0. The number of non-ortho nitro benzene ring substituents is 1. The van der Waals surface area contributed by atoms with E-state index >= 15 is 0 Å². The van der Waals surface area contributed by atoms with Crippen LogP contribution in [0.1, 0.15) is 23.5 Å². The van der Waals surface area contributed by atoms with E-state index in [0.29, 0.717) is 5.56 Å². The minimum Gasteiger partial charge on any atom is -0.466 e. The van der Waals surface area contributed by atoms with Crippen LogP contribution in [0.15, 0.2) is 72.8 Å². The second-order valence-corrected chi connectivity index (χ2v) is 6.10. The molecule has 0 spiro atoms. The maximum atomic E-state index is 12.6. The van der Waals surface area contributed by atoms with Gasteiger partial charge >= 0.3 is 11.9 Å². The Hall–Kier alpha value is -3.74. The molecule has 0 aliphatic rings. The van der Waals surface area contributed by atoms with Gasteiger partial charge in [-0.25, -0.2) is 4.79 Å². The molecule has 0 heterocycles. The predicted molar refractivity (Wildman–Crippen MR) is 108 cm³/mol. The lowest BCUT2D eigenvalue weighted by Gasteiger charge is -2.17. The highest BCUT2D eigenvalue weighted by Gasteiger charge is 2.27. The number of hydrogen-bond donors (Lipinski definition) is 0. The van der Waals surface area contributed by atoms with Gasteiger partial charge in [0.2, 0.25) is 0 Å². The van der Waals surface area contributed by atoms with Crippen molar-refractivity contribution in [2.75, 3.05) is 13.7 Å². The number of methoxy groups -OCH3 is 1. The Morgan fingerprint density at radius 1 is 1.14 bits per heavy atom. The Balaban J connectivity index is 2.41. The highest BCUT2D eigenvalue weighted by atomic mass is 16.6. The van der Waals surface area contributed by atoms with Crippen LogP contribution in [0.4, 0.5) is 5.69 Å². The Morgan fingerprint density at radius 2 is 1.79 bits per heavy atom. The first kappa shape index (κ1) is 21.6. The van der Waals surface area contributed by atoms with Crippen molar-refractivity contribution in [3.8, 4) is 0 Å². The SMILES string of the molecule is C=CCOC(=O)C(C/C(=C\c1ccccc1)C(=O)OC)c1ccc([N+](=O)[O-])cc1. The third kappa shape index (κ3) is 6.14. The summed E-state index contributed by atoms with van der Waals surface area (Å²) in [5.41, 5.74) is 1.44. The van der Waals surface area contributed by atoms with Crippen LogP contribution >= 0.6 is 0 Å². The second-order valence-electron chi connectivity index (χ2n) is 6.10. The summed E-state index contributed by atoms with van der Waals surface area (Å²) in [7, 11) is 1.26. The van der Waals surface area contributed by atoms with Gasteiger partial charge in [-0.15, -0.1) is 0 Å². The lowest BCUT2D eigenvalue weighted by Crippen LogP contribution is -2.19. The fourth-order valence-electron chi connectivity index (χ4n) is 2.71. The zero-order chi connectivity index (χ0) is 21.2. The molecule has 29 heavy (non-hydrogen) atoms. The molecule has 0 saturated carbocycles. The molecule has 150 valence electrons. The molecular weight excluding hydrogens is 374 g/mol. The van der Waals surface area contributed by atoms with E-state index in [-0.39, 0.29) is 24.3 Å². The Labute approximate surface area is 168 Å². The summed E-state index contributed by atoms with van der Waals surface area (Å²) in [5.74, 6) is -1.98. The van der Waals surface area contributed by atoms with Crippen LogP contribution in [-0.2, 0) is 19.1 Å². The Bertz CT molecular complexity index is 903. The van der Waals surface area contributed by atoms with E-state index in [9.17, 15) is 19.7 Å². The molecule has 7 nitrogen and oxygen atoms in total. The van der Waals surface area contributed by atoms with Crippen LogP contribution in [0, 0.1) is 10.1 Å². The molecule has 0 aliphatic heterocycles. The van der Waals surface area contributed by atoms with Gasteiger partial charge in [-0.05, 0) is 23.6 Å². The fourth-order valence-corrected chi connectivity index (χ4v) is 2.71. The summed E-state index contributed by atoms with van der Waals surface area (Å²) in [4.78, 5) is 35.3. The molecular formula is C22H21NO6. The number of nitro groups is 1. The number of ether oxygens (including phenoxy) is 2. The van der Waals surface area contributed by atoms with E-state index in [2.05, 4.69) is 6.58 Å². The van der Waals surface area contributed by atoms with Crippen molar-refractivity contribution in [1.82, 2.24) is 0 Å². The quantitative estimate of drug-likeness (QED) is 0.209. The molecule has 1 atom stereocenters. The molecule has 2 rings (SSSR count). The second kappa shape index (κ2) is 10.6. The maximum absolute atomic E-state index is 12.6. The number of carbonyl (C=O) groups is 2. The zero-order valence-electron chi connectivity index (χ0n) is 15.9. The van der Waals surface area contributed by atoms with Crippen molar-refractivity contribution >= 4 is 23.7 Å². The van der Waals surface area contributed by atoms with Gasteiger partial charge in [-0.3, -0.25) is 14.9 Å². The summed E-state index contributed by atoms with van der Waals surface area (Å²) >= 11 is 0. The first-order valence-electron chi connectivity index (χ1n) is 8.82. The van der Waals surface area contributed by atoms with E-state index in [0.717, 1.165) is 5.56 Å². The largest absolute Gasteiger partial charge is 0.466 e. The Kier molecular flexibility index (Phi) is 7.85. The van der Waals surface area contributed by atoms with Gasteiger partial charge in [0, 0.05) is 17.7 Å². The van der Waals surface area contributed by atoms with E-state index in [4.69, 9.17) is 9.47 Å². The van der Waals surface area contributed by atoms with Crippen molar-refractivity contribution in [3.05, 3.63) is 94.1 Å². The summed E-state index contributed by atoms with van der Waals surface area (Å²) in [6.45, 7) is 3.53. The number of carbonyl (C=O) groups excluding carboxylic acids is 2. The highest BCUT2D eigenvalue weighted by molar-refractivity contribution is 5.95. The number of nitrogens with zero attached hydrogens (tertiary/aromatic N) is 1. The van der Waals surface area contributed by atoms with Crippen LogP contribution in [0.25, 0.3) is 6.08 Å². The highest BCUT2D eigenvalue weighted by Crippen LogP contribution is 2.28. The standard InChI is InChI=1S/C22H21NO6/c1-3-13-29-22(25)20(17-9-11-19(12-10-17)23(26)27)15-18(21(24)28-2)14-16-7-5-4-6-8-16/h3-12,14,20H,1,13,15H2,2H3/b18-14+. The smallest absolute Gasteiger partial charge is 0.333 e. The third-order valence-corrected chi connectivity index (χ3v) is 4.15. The normalized spacial score (nSPS) is 12.0. The zero-order valence-corrected chi connectivity index (χ0v) is 15.9. The number of esters is 2. The van der Waals surface area contributed by atoms with Crippen molar-refractivity contribution in [3.63, 3.8) is 0 Å². The Morgan fingerprint density at radius 3 is 2.34 bits per heavy atom. The van der Waals surface area contributed by atoms with Crippen LogP contribution in [-0.4, -0.2) is 30.6 Å². The predicted octanol–water partition coefficient (Wildman–Crippen LogP) is 4.05. The molecule has 0 fully saturated rings. The van der Waals surface area contributed by atoms with Crippen molar-refractivity contribution in [2.24, 2.45) is 0 Å². The molecule has 0 saturated heterocycles. The third-order valence-electron chi connectivity index (χ3n) is 4.15. The molecule has 0 N–H and O–H groups in total. The number of benzene rings is 2. The average Bonchev–Trinajstić information content (AvgIpc) is 2.75. The molecule has 0 aliphatic carbocycles. The number of nitro benzene ring substituents is 1. The molecule has 2 aromatic rings. The van der Waals surface area contributed by atoms with Gasteiger partial charge in [0.1, 0.15) is 6.61 Å². The molecule has 7 heteroatoms. The molecule has 2 aromatic carbocycles. The minimum atomic E-state index is -0.843. The van der Waals surface area contributed by atoms with E-state index in [1.165, 1.54) is 37.5 Å². The van der Waals surface area contributed by atoms with Crippen LogP contribution in [0.3, 0.4) is 0 Å². The first-order valence-corrected chi connectivity index (χ1v) is 8.82. The molecule has 0 amide bonds. The number of hydrogen-bond acceptors (Lipinski definition) is 6. The maximum Gasteiger partial charge on any atom is 0.333 e. The van der Waals surface area contributed by atoms with Gasteiger partial charge in [0.15, 0.2) is 0 Å². The van der Waals surface area contributed by atoms with E-state index in [1.807, 2.05) is 30.3 Å². The fraction of sp³-hybridized carbons (Fsp3) is 0.182. The van der Waals surface area contributed by atoms with E-state index < -0.39 is 22.8 Å². The summed E-state index contributed by atoms with van der Waals surface area (Å²) in [6.07, 6.45) is 3.09. The lowest BCUT2D eigenvalue weighted by atomic mass is 9.90. The molecule has 0 aromatic heterocycles. The van der Waals surface area contributed by atoms with Crippen LogP contribution in [0.2, 0.25) is 0 Å².